The molecule has 0 spiro atoms. The van der Waals surface area contributed by atoms with Crippen LogP contribution in [0.15, 0.2) is 60.7 Å². The molecule has 6 heteroatoms. The highest BCUT2D eigenvalue weighted by atomic mass is 32.1. The molecule has 0 atom stereocenters. The van der Waals surface area contributed by atoms with Crippen molar-refractivity contribution in [2.75, 3.05) is 5.32 Å². The molecule has 1 heterocycles. The minimum absolute atomic E-state index is 0.0780. The van der Waals surface area contributed by atoms with Gasteiger partial charge >= 0.3 is 0 Å². The predicted octanol–water partition coefficient (Wildman–Crippen LogP) is 4.90. The first-order valence-corrected chi connectivity index (χ1v) is 9.07. The Hall–Kier alpha value is -3.38. The van der Waals surface area contributed by atoms with Crippen LogP contribution in [0.2, 0.25) is 0 Å². The summed E-state index contributed by atoms with van der Waals surface area (Å²) in [5, 5.41) is 3.11. The number of amides is 1. The Bertz CT molecular complexity index is 1260. The van der Waals surface area contributed by atoms with E-state index in [0.717, 1.165) is 11.1 Å². The van der Waals surface area contributed by atoms with Crippen LogP contribution in [0.25, 0.3) is 21.3 Å². The fourth-order valence-electron chi connectivity index (χ4n) is 3.29. The van der Waals surface area contributed by atoms with E-state index in [-0.39, 0.29) is 17.5 Å². The van der Waals surface area contributed by atoms with E-state index in [2.05, 4.69) is 10.3 Å². The third kappa shape index (κ3) is 2.53. The van der Waals surface area contributed by atoms with Crippen molar-refractivity contribution in [3.05, 3.63) is 83.2 Å². The maximum Gasteiger partial charge on any atom is 0.257 e. The zero-order valence-electron chi connectivity index (χ0n) is 13.8. The topological polar surface area (TPSA) is 59.1 Å². The van der Waals surface area contributed by atoms with Crippen molar-refractivity contribution >= 4 is 38.4 Å². The number of benzene rings is 3. The summed E-state index contributed by atoms with van der Waals surface area (Å²) in [6.07, 6.45) is 0. The quantitative estimate of drug-likeness (QED) is 0.478. The van der Waals surface area contributed by atoms with E-state index in [1.54, 1.807) is 30.3 Å². The van der Waals surface area contributed by atoms with Crippen molar-refractivity contribution in [3.8, 4) is 11.1 Å². The minimum atomic E-state index is -0.360. The maximum absolute atomic E-state index is 13.3. The van der Waals surface area contributed by atoms with Crippen LogP contribution >= 0.6 is 11.3 Å². The predicted molar refractivity (Wildman–Crippen MR) is 103 cm³/mol. The molecule has 130 valence electrons. The SMILES string of the molecule is O=C(Nc1nc2ccc(F)cc2s1)c1ccc2c(c1)C(=O)c1ccccc1-2. The molecule has 5 rings (SSSR count). The summed E-state index contributed by atoms with van der Waals surface area (Å²) in [6.45, 7) is 0. The molecule has 0 aliphatic heterocycles. The third-order valence-corrected chi connectivity index (χ3v) is 5.49. The number of nitrogens with one attached hydrogen (secondary N) is 1. The number of hydrogen-bond donors (Lipinski definition) is 1. The summed E-state index contributed by atoms with van der Waals surface area (Å²) < 4.78 is 14.0. The van der Waals surface area contributed by atoms with E-state index in [9.17, 15) is 14.0 Å². The van der Waals surface area contributed by atoms with Gasteiger partial charge in [-0.15, -0.1) is 0 Å². The third-order valence-electron chi connectivity index (χ3n) is 4.56. The first-order valence-electron chi connectivity index (χ1n) is 8.26. The van der Waals surface area contributed by atoms with E-state index in [1.807, 2.05) is 18.2 Å². The number of halogens is 1. The molecule has 0 unspecified atom stereocenters. The Balaban J connectivity index is 1.47. The number of nitrogens with zero attached hydrogens (tertiary/aromatic N) is 1. The van der Waals surface area contributed by atoms with E-state index in [1.165, 1.54) is 23.5 Å². The zero-order valence-corrected chi connectivity index (χ0v) is 14.6. The lowest BCUT2D eigenvalue weighted by atomic mass is 10.0. The Kier molecular flexibility index (Phi) is 3.42. The molecule has 1 aromatic heterocycles. The molecule has 1 amide bonds. The van der Waals surface area contributed by atoms with Crippen molar-refractivity contribution in [2.24, 2.45) is 0 Å². The second-order valence-electron chi connectivity index (χ2n) is 6.22. The molecule has 27 heavy (non-hydrogen) atoms. The van der Waals surface area contributed by atoms with Gasteiger partial charge in [0, 0.05) is 16.7 Å². The fourth-order valence-corrected chi connectivity index (χ4v) is 4.18. The lowest BCUT2D eigenvalue weighted by Gasteiger charge is -2.04. The van der Waals surface area contributed by atoms with Gasteiger partial charge in [0.2, 0.25) is 0 Å². The van der Waals surface area contributed by atoms with Crippen LogP contribution in [0, 0.1) is 5.82 Å². The molecule has 1 aliphatic rings. The standard InChI is InChI=1S/C21H11FN2O2S/c22-12-6-8-17-18(10-12)27-21(23-17)24-20(26)11-5-7-14-13-3-1-2-4-15(13)19(25)16(14)9-11/h1-10H,(H,23,24,26). The first-order chi connectivity index (χ1) is 13.1. The largest absolute Gasteiger partial charge is 0.298 e. The number of ketones is 1. The summed E-state index contributed by atoms with van der Waals surface area (Å²) in [5.41, 5.74) is 3.89. The molecular weight excluding hydrogens is 363 g/mol. The van der Waals surface area contributed by atoms with Crippen molar-refractivity contribution < 1.29 is 14.0 Å². The summed E-state index contributed by atoms with van der Waals surface area (Å²) in [7, 11) is 0. The average Bonchev–Trinajstić information content (AvgIpc) is 3.20. The molecule has 0 radical (unpaired) electrons. The van der Waals surface area contributed by atoms with Crippen molar-refractivity contribution in [1.82, 2.24) is 4.98 Å². The number of anilines is 1. The van der Waals surface area contributed by atoms with Gasteiger partial charge in [-0.05, 0) is 41.5 Å². The van der Waals surface area contributed by atoms with E-state index >= 15 is 0 Å². The Morgan fingerprint density at radius 2 is 1.70 bits per heavy atom. The second kappa shape index (κ2) is 5.82. The van der Waals surface area contributed by atoms with Gasteiger partial charge in [0.1, 0.15) is 5.82 Å². The summed E-state index contributed by atoms with van der Waals surface area (Å²) in [6, 6.07) is 16.8. The molecule has 1 N–H and O–H groups in total. The highest BCUT2D eigenvalue weighted by Gasteiger charge is 2.27. The minimum Gasteiger partial charge on any atom is -0.298 e. The van der Waals surface area contributed by atoms with E-state index < -0.39 is 0 Å². The molecule has 0 saturated heterocycles. The zero-order chi connectivity index (χ0) is 18.5. The second-order valence-corrected chi connectivity index (χ2v) is 7.25. The van der Waals surface area contributed by atoms with Crippen LogP contribution in [0.1, 0.15) is 26.3 Å². The first kappa shape index (κ1) is 15.8. The van der Waals surface area contributed by atoms with Gasteiger partial charge in [-0.1, -0.05) is 41.7 Å². The summed E-state index contributed by atoms with van der Waals surface area (Å²) in [5.74, 6) is -0.785. The highest BCUT2D eigenvalue weighted by molar-refractivity contribution is 7.22. The smallest absolute Gasteiger partial charge is 0.257 e. The van der Waals surface area contributed by atoms with Gasteiger partial charge in [-0.2, -0.15) is 0 Å². The van der Waals surface area contributed by atoms with Gasteiger partial charge in [0.25, 0.3) is 5.91 Å². The van der Waals surface area contributed by atoms with Crippen LogP contribution in [0.5, 0.6) is 0 Å². The number of carbonyl (C=O) groups excluding carboxylic acids is 2. The molecule has 0 fully saturated rings. The monoisotopic (exact) mass is 374 g/mol. The lowest BCUT2D eigenvalue weighted by Crippen LogP contribution is -2.12. The Labute approximate surface area is 157 Å². The molecule has 1 aliphatic carbocycles. The van der Waals surface area contributed by atoms with Crippen LogP contribution in [0.4, 0.5) is 9.52 Å². The molecule has 3 aromatic carbocycles. The Morgan fingerprint density at radius 3 is 2.56 bits per heavy atom. The van der Waals surface area contributed by atoms with E-state index in [0.29, 0.717) is 32.0 Å². The van der Waals surface area contributed by atoms with Crippen molar-refractivity contribution in [2.45, 2.75) is 0 Å². The van der Waals surface area contributed by atoms with Crippen LogP contribution in [-0.4, -0.2) is 16.7 Å². The van der Waals surface area contributed by atoms with Crippen molar-refractivity contribution in [3.63, 3.8) is 0 Å². The summed E-state index contributed by atoms with van der Waals surface area (Å²) in [4.78, 5) is 29.5. The lowest BCUT2D eigenvalue weighted by molar-refractivity contribution is 0.102. The molecule has 0 bridgehead atoms. The van der Waals surface area contributed by atoms with Crippen LogP contribution < -0.4 is 5.32 Å². The van der Waals surface area contributed by atoms with Gasteiger partial charge in [0.15, 0.2) is 10.9 Å². The summed E-state index contributed by atoms with van der Waals surface area (Å²) >= 11 is 1.20. The maximum atomic E-state index is 13.3. The van der Waals surface area contributed by atoms with Gasteiger partial charge in [-0.3, -0.25) is 14.9 Å². The number of thiazole rings is 1. The van der Waals surface area contributed by atoms with E-state index in [4.69, 9.17) is 0 Å². The number of carbonyl (C=O) groups is 2. The van der Waals surface area contributed by atoms with Crippen molar-refractivity contribution in [1.29, 1.82) is 0 Å². The van der Waals surface area contributed by atoms with Crippen LogP contribution in [0.3, 0.4) is 0 Å². The normalized spacial score (nSPS) is 12.1. The number of fused-ring (bicyclic) bond motifs is 4. The Morgan fingerprint density at radius 1 is 0.926 bits per heavy atom. The van der Waals surface area contributed by atoms with Gasteiger partial charge in [-0.25, -0.2) is 9.37 Å². The number of rotatable bonds is 2. The number of aromatic nitrogens is 1. The average molecular weight is 374 g/mol. The molecular formula is C21H11FN2O2S. The highest BCUT2D eigenvalue weighted by Crippen LogP contribution is 2.37. The molecule has 4 nitrogen and oxygen atoms in total. The van der Waals surface area contributed by atoms with Gasteiger partial charge in [0.05, 0.1) is 10.2 Å². The van der Waals surface area contributed by atoms with Crippen LogP contribution in [-0.2, 0) is 0 Å². The fraction of sp³-hybridized carbons (Fsp3) is 0. The number of hydrogen-bond acceptors (Lipinski definition) is 4. The molecule has 0 saturated carbocycles. The molecule has 4 aromatic rings. The van der Waals surface area contributed by atoms with Gasteiger partial charge < -0.3 is 0 Å².